The Bertz CT molecular complexity index is 288. The third-order valence-electron chi connectivity index (χ3n) is 1.39. The average Bonchev–Trinajstić information content (AvgIpc) is 2.17. The van der Waals surface area contributed by atoms with Gasteiger partial charge >= 0.3 is 0 Å². The fraction of sp³-hybridized carbons (Fsp3) is 0.286. The summed E-state index contributed by atoms with van der Waals surface area (Å²) in [5.41, 5.74) is 0.165. The molecule has 70 valence electrons. The lowest BCUT2D eigenvalue weighted by atomic mass is 10.3. The van der Waals surface area contributed by atoms with Crippen LogP contribution < -0.4 is 0 Å². The van der Waals surface area contributed by atoms with Crippen molar-refractivity contribution < 1.29 is 15.1 Å². The second-order valence-corrected chi connectivity index (χ2v) is 2.41. The zero-order valence-electron chi connectivity index (χ0n) is 6.95. The van der Waals surface area contributed by atoms with Crippen molar-refractivity contribution in [2.24, 2.45) is 0 Å². The normalized spacial score (nSPS) is 12.2. The number of nitrogens with zero attached hydrogens (tertiary/aromatic N) is 3. The van der Waals surface area contributed by atoms with Gasteiger partial charge in [0.25, 0.3) is 5.91 Å². The topological polar surface area (TPSA) is 86.5 Å². The minimum atomic E-state index is -1.25. The number of aliphatic hydroxyl groups excluding tert-OH is 1. The number of carbonyl (C=O) groups excluding carboxylic acids is 1. The molecule has 0 fully saturated rings. The number of aromatic nitrogens is 2. The van der Waals surface area contributed by atoms with Crippen LogP contribution in [0.1, 0.15) is 17.3 Å². The molecule has 1 rings (SSSR count). The van der Waals surface area contributed by atoms with Crippen molar-refractivity contribution in [2.45, 2.75) is 13.2 Å². The zero-order valence-corrected chi connectivity index (χ0v) is 6.95. The summed E-state index contributed by atoms with van der Waals surface area (Å²) >= 11 is 0. The Balaban J connectivity index is 2.80. The second-order valence-electron chi connectivity index (χ2n) is 2.41. The molecule has 0 saturated carbocycles. The molecule has 0 aliphatic rings. The van der Waals surface area contributed by atoms with Crippen molar-refractivity contribution in [3.05, 3.63) is 24.0 Å². The van der Waals surface area contributed by atoms with E-state index in [-0.39, 0.29) is 10.6 Å². The smallest absolute Gasteiger partial charge is 0.281 e. The summed E-state index contributed by atoms with van der Waals surface area (Å²) in [4.78, 5) is 11.2. The Morgan fingerprint density at radius 2 is 2.31 bits per heavy atom. The van der Waals surface area contributed by atoms with Crippen molar-refractivity contribution in [2.75, 3.05) is 0 Å². The van der Waals surface area contributed by atoms with E-state index in [2.05, 4.69) is 10.2 Å². The molecule has 0 spiro atoms. The molecule has 0 saturated heterocycles. The van der Waals surface area contributed by atoms with E-state index in [1.165, 1.54) is 25.4 Å². The predicted octanol–water partition coefficient (Wildman–Crippen LogP) is -0.354. The summed E-state index contributed by atoms with van der Waals surface area (Å²) in [6.07, 6.45) is 1.28. The van der Waals surface area contributed by atoms with Gasteiger partial charge < -0.3 is 5.11 Å². The highest BCUT2D eigenvalue weighted by Gasteiger charge is 2.17. The molecular weight excluding hydrogens is 174 g/mol. The number of amides is 1. The van der Waals surface area contributed by atoms with E-state index in [0.29, 0.717) is 0 Å². The van der Waals surface area contributed by atoms with Gasteiger partial charge in [-0.15, -0.1) is 0 Å². The van der Waals surface area contributed by atoms with Crippen molar-refractivity contribution in [3.8, 4) is 0 Å². The maximum Gasteiger partial charge on any atom is 0.281 e. The van der Waals surface area contributed by atoms with Crippen LogP contribution in [0.15, 0.2) is 18.5 Å². The molecule has 1 unspecified atom stereocenters. The summed E-state index contributed by atoms with van der Waals surface area (Å²) in [5.74, 6) is -0.718. The van der Waals surface area contributed by atoms with Gasteiger partial charge in [-0.25, -0.2) is 0 Å². The van der Waals surface area contributed by atoms with Gasteiger partial charge in [-0.1, -0.05) is 0 Å². The summed E-state index contributed by atoms with van der Waals surface area (Å²) in [5, 5.41) is 25.0. The van der Waals surface area contributed by atoms with Crippen LogP contribution in [0.25, 0.3) is 0 Å². The van der Waals surface area contributed by atoms with Crippen LogP contribution in [0.5, 0.6) is 0 Å². The van der Waals surface area contributed by atoms with Gasteiger partial charge in [-0.3, -0.25) is 10.0 Å². The molecule has 0 bridgehead atoms. The minimum Gasteiger partial charge on any atom is -0.372 e. The molecule has 2 N–H and O–H groups in total. The SMILES string of the molecule is CC(O)N(O)C(=O)c1ccnnc1. The van der Waals surface area contributed by atoms with E-state index >= 15 is 0 Å². The third kappa shape index (κ3) is 2.20. The van der Waals surface area contributed by atoms with Gasteiger partial charge in [-0.05, 0) is 13.0 Å². The van der Waals surface area contributed by atoms with Crippen molar-refractivity contribution >= 4 is 5.91 Å². The number of hydrogen-bond donors (Lipinski definition) is 2. The molecule has 1 atom stereocenters. The lowest BCUT2D eigenvalue weighted by molar-refractivity contribution is -0.149. The maximum absolute atomic E-state index is 11.2. The Labute approximate surface area is 74.4 Å². The van der Waals surface area contributed by atoms with E-state index in [9.17, 15) is 4.79 Å². The molecule has 6 heteroatoms. The highest BCUT2D eigenvalue weighted by Crippen LogP contribution is 2.01. The lowest BCUT2D eigenvalue weighted by Gasteiger charge is -2.16. The predicted molar refractivity (Wildman–Crippen MR) is 41.7 cm³/mol. The maximum atomic E-state index is 11.2. The number of rotatable bonds is 2. The monoisotopic (exact) mass is 183 g/mol. The van der Waals surface area contributed by atoms with Gasteiger partial charge in [0.05, 0.1) is 18.0 Å². The Morgan fingerprint density at radius 1 is 1.62 bits per heavy atom. The van der Waals surface area contributed by atoms with Crippen molar-refractivity contribution in [3.63, 3.8) is 0 Å². The summed E-state index contributed by atoms with van der Waals surface area (Å²) in [6.45, 7) is 1.27. The highest BCUT2D eigenvalue weighted by atomic mass is 16.5. The molecule has 0 aliphatic heterocycles. The molecule has 1 heterocycles. The Hall–Kier alpha value is -1.53. The van der Waals surface area contributed by atoms with E-state index in [1.807, 2.05) is 0 Å². The summed E-state index contributed by atoms with van der Waals surface area (Å²) in [6, 6.07) is 1.39. The Kier molecular flexibility index (Phi) is 2.88. The fourth-order valence-electron chi connectivity index (χ4n) is 0.719. The van der Waals surface area contributed by atoms with E-state index < -0.39 is 12.1 Å². The van der Waals surface area contributed by atoms with Crippen LogP contribution in [0.3, 0.4) is 0 Å². The van der Waals surface area contributed by atoms with Crippen LogP contribution in [0.2, 0.25) is 0 Å². The van der Waals surface area contributed by atoms with Crippen LogP contribution in [-0.4, -0.2) is 37.7 Å². The molecule has 1 aromatic rings. The first kappa shape index (κ1) is 9.56. The summed E-state index contributed by atoms with van der Waals surface area (Å²) < 4.78 is 0. The zero-order chi connectivity index (χ0) is 9.84. The van der Waals surface area contributed by atoms with E-state index in [0.717, 1.165) is 0 Å². The van der Waals surface area contributed by atoms with E-state index in [4.69, 9.17) is 10.3 Å². The fourth-order valence-corrected chi connectivity index (χ4v) is 0.719. The van der Waals surface area contributed by atoms with Gasteiger partial charge in [0.1, 0.15) is 0 Å². The molecule has 6 nitrogen and oxygen atoms in total. The molecule has 0 radical (unpaired) electrons. The first-order valence-electron chi connectivity index (χ1n) is 3.60. The first-order chi connectivity index (χ1) is 6.13. The minimum absolute atomic E-state index is 0.165. The molecule has 1 aromatic heterocycles. The average molecular weight is 183 g/mol. The van der Waals surface area contributed by atoms with Crippen LogP contribution >= 0.6 is 0 Å². The third-order valence-corrected chi connectivity index (χ3v) is 1.39. The number of carbonyl (C=O) groups is 1. The number of hydroxylamine groups is 2. The van der Waals surface area contributed by atoms with Gasteiger partial charge in [0, 0.05) is 0 Å². The first-order valence-corrected chi connectivity index (χ1v) is 3.60. The molecule has 13 heavy (non-hydrogen) atoms. The van der Waals surface area contributed by atoms with Crippen LogP contribution in [0.4, 0.5) is 0 Å². The largest absolute Gasteiger partial charge is 0.372 e. The molecule has 0 aliphatic carbocycles. The standard InChI is InChI=1S/C7H9N3O3/c1-5(11)10(13)7(12)6-2-3-8-9-4-6/h2-5,11,13H,1H3. The molecule has 0 aromatic carbocycles. The van der Waals surface area contributed by atoms with Gasteiger partial charge in [0.15, 0.2) is 6.23 Å². The van der Waals surface area contributed by atoms with Crippen molar-refractivity contribution in [1.82, 2.24) is 15.3 Å². The van der Waals surface area contributed by atoms with Gasteiger partial charge in [-0.2, -0.15) is 15.3 Å². The quantitative estimate of drug-likeness (QED) is 0.371. The lowest BCUT2D eigenvalue weighted by Crippen LogP contribution is -2.35. The highest BCUT2D eigenvalue weighted by molar-refractivity contribution is 5.92. The summed E-state index contributed by atoms with van der Waals surface area (Å²) in [7, 11) is 0. The van der Waals surface area contributed by atoms with E-state index in [1.54, 1.807) is 0 Å². The van der Waals surface area contributed by atoms with Crippen LogP contribution in [-0.2, 0) is 0 Å². The molecular formula is C7H9N3O3. The van der Waals surface area contributed by atoms with Crippen molar-refractivity contribution in [1.29, 1.82) is 0 Å². The van der Waals surface area contributed by atoms with Crippen LogP contribution in [0, 0.1) is 0 Å². The number of aliphatic hydroxyl groups is 1. The molecule has 1 amide bonds. The second kappa shape index (κ2) is 3.92. The van der Waals surface area contributed by atoms with Gasteiger partial charge in [0.2, 0.25) is 0 Å². The Morgan fingerprint density at radius 3 is 2.77 bits per heavy atom. The number of hydrogen-bond acceptors (Lipinski definition) is 5.